The monoisotopic (exact) mass is 276 g/mol. The summed E-state index contributed by atoms with van der Waals surface area (Å²) in [5.41, 5.74) is 4.49. The molecular formula is C18H16N2O. The van der Waals surface area contributed by atoms with Gasteiger partial charge in [0, 0.05) is 30.2 Å². The highest BCUT2D eigenvalue weighted by atomic mass is 16.2. The molecule has 0 bridgehead atoms. The summed E-state index contributed by atoms with van der Waals surface area (Å²) >= 11 is 0. The number of H-pyrrole nitrogens is 1. The fourth-order valence-corrected chi connectivity index (χ4v) is 3.30. The van der Waals surface area contributed by atoms with Crippen LogP contribution in [0.5, 0.6) is 0 Å². The first-order valence-corrected chi connectivity index (χ1v) is 7.19. The number of rotatable bonds is 1. The van der Waals surface area contributed by atoms with Crippen LogP contribution in [0.3, 0.4) is 0 Å². The number of carbonyl (C=O) groups excluding carboxylic acids is 1. The van der Waals surface area contributed by atoms with Crippen molar-refractivity contribution in [3.05, 3.63) is 65.9 Å². The molecule has 1 aromatic heterocycles. The van der Waals surface area contributed by atoms with Crippen molar-refractivity contribution in [2.45, 2.75) is 19.4 Å². The minimum atomic E-state index is 0.0623. The second-order valence-electron chi connectivity index (χ2n) is 5.55. The first kappa shape index (κ1) is 12.2. The molecule has 0 saturated heterocycles. The first-order valence-electron chi connectivity index (χ1n) is 7.19. The van der Waals surface area contributed by atoms with Crippen LogP contribution in [-0.2, 0) is 11.2 Å². The molecule has 0 spiro atoms. The van der Waals surface area contributed by atoms with Crippen LogP contribution in [0.4, 0.5) is 5.69 Å². The van der Waals surface area contributed by atoms with Crippen LogP contribution >= 0.6 is 0 Å². The number of benzene rings is 2. The Balaban J connectivity index is 1.83. The lowest BCUT2D eigenvalue weighted by Crippen LogP contribution is -2.30. The van der Waals surface area contributed by atoms with Crippen LogP contribution < -0.4 is 4.90 Å². The first-order chi connectivity index (χ1) is 10.2. The molecule has 2 aromatic carbocycles. The van der Waals surface area contributed by atoms with E-state index in [2.05, 4.69) is 29.2 Å². The van der Waals surface area contributed by atoms with Crippen molar-refractivity contribution < 1.29 is 4.79 Å². The number of aromatic amines is 1. The lowest BCUT2D eigenvalue weighted by atomic mass is 10.1. The summed E-state index contributed by atoms with van der Waals surface area (Å²) in [6.07, 6.45) is 0.864. The number of hydrogen-bond acceptors (Lipinski definition) is 1. The molecule has 104 valence electrons. The van der Waals surface area contributed by atoms with Crippen LogP contribution in [0.15, 0.2) is 54.6 Å². The quantitative estimate of drug-likeness (QED) is 0.720. The molecule has 21 heavy (non-hydrogen) atoms. The Morgan fingerprint density at radius 1 is 1.14 bits per heavy atom. The van der Waals surface area contributed by atoms with E-state index in [0.29, 0.717) is 0 Å². The zero-order valence-corrected chi connectivity index (χ0v) is 11.8. The number of fused-ring (bicyclic) bond motifs is 2. The molecule has 1 unspecified atom stereocenters. The lowest BCUT2D eigenvalue weighted by Gasteiger charge is -2.23. The number of aromatic nitrogens is 1. The van der Waals surface area contributed by atoms with E-state index in [1.165, 1.54) is 10.9 Å². The predicted molar refractivity (Wildman–Crippen MR) is 84.3 cm³/mol. The average Bonchev–Trinajstić information content (AvgIpc) is 3.08. The highest BCUT2D eigenvalue weighted by Gasteiger charge is 2.33. The average molecular weight is 276 g/mol. The molecule has 1 N–H and O–H groups in total. The van der Waals surface area contributed by atoms with Crippen molar-refractivity contribution in [1.82, 2.24) is 4.98 Å². The Morgan fingerprint density at radius 3 is 2.71 bits per heavy atom. The van der Waals surface area contributed by atoms with E-state index in [-0.39, 0.29) is 11.9 Å². The van der Waals surface area contributed by atoms with Crippen molar-refractivity contribution in [2.24, 2.45) is 0 Å². The van der Waals surface area contributed by atoms with Crippen molar-refractivity contribution in [1.29, 1.82) is 0 Å². The summed E-state index contributed by atoms with van der Waals surface area (Å²) in [4.78, 5) is 17.5. The Bertz CT molecular complexity index is 801. The van der Waals surface area contributed by atoms with E-state index < -0.39 is 0 Å². The fourth-order valence-electron chi connectivity index (χ4n) is 3.30. The molecule has 1 aliphatic rings. The van der Waals surface area contributed by atoms with Gasteiger partial charge in [0.05, 0.1) is 6.04 Å². The molecule has 0 saturated carbocycles. The Morgan fingerprint density at radius 2 is 1.90 bits per heavy atom. The molecule has 2 heterocycles. The lowest BCUT2D eigenvalue weighted by molar-refractivity contribution is -0.116. The number of amides is 1. The number of carbonyl (C=O) groups is 1. The van der Waals surface area contributed by atoms with Gasteiger partial charge >= 0.3 is 0 Å². The van der Waals surface area contributed by atoms with Gasteiger partial charge < -0.3 is 9.88 Å². The maximum atomic E-state index is 12.1. The Labute approximate surface area is 123 Å². The predicted octanol–water partition coefficient (Wildman–Crippen LogP) is 3.82. The van der Waals surface area contributed by atoms with Crippen LogP contribution in [0, 0.1) is 0 Å². The number of hydrogen-bond donors (Lipinski definition) is 1. The normalized spacial score (nSPS) is 17.2. The van der Waals surface area contributed by atoms with Crippen LogP contribution in [0.1, 0.15) is 24.2 Å². The summed E-state index contributed by atoms with van der Waals surface area (Å²) in [6.45, 7) is 1.64. The Kier molecular flexibility index (Phi) is 2.61. The largest absolute Gasteiger partial charge is 0.357 e. The van der Waals surface area contributed by atoms with Crippen molar-refractivity contribution in [2.75, 3.05) is 4.90 Å². The third-order valence-corrected chi connectivity index (χ3v) is 4.23. The van der Waals surface area contributed by atoms with E-state index in [9.17, 15) is 4.79 Å². The number of nitrogens with zero attached hydrogens (tertiary/aromatic N) is 1. The summed E-state index contributed by atoms with van der Waals surface area (Å²) in [7, 11) is 0. The standard InChI is InChI=1S/C18H16N2O/c1-12(21)20-17-9-5-3-7-14(17)11-18(20)16-10-13-6-2-4-8-15(13)19-16/h2-10,18-19H,11H2,1H3. The molecule has 3 nitrogen and oxygen atoms in total. The van der Waals surface area contributed by atoms with Crippen LogP contribution in [0.2, 0.25) is 0 Å². The molecule has 0 fully saturated rings. The maximum absolute atomic E-state index is 12.1. The van der Waals surface area contributed by atoms with Crippen molar-refractivity contribution in [3.63, 3.8) is 0 Å². The highest BCUT2D eigenvalue weighted by molar-refractivity contribution is 5.95. The van der Waals surface area contributed by atoms with Gasteiger partial charge in [-0.15, -0.1) is 0 Å². The molecule has 0 radical (unpaired) electrons. The number of para-hydroxylation sites is 2. The van der Waals surface area contributed by atoms with E-state index in [1.54, 1.807) is 6.92 Å². The molecule has 0 aliphatic carbocycles. The second kappa shape index (κ2) is 4.48. The summed E-state index contributed by atoms with van der Waals surface area (Å²) in [5.74, 6) is 0.0867. The van der Waals surface area contributed by atoms with Gasteiger partial charge in [-0.3, -0.25) is 4.79 Å². The van der Waals surface area contributed by atoms with E-state index >= 15 is 0 Å². The number of anilines is 1. The SMILES string of the molecule is CC(=O)N1c2ccccc2CC1c1cc2ccccc2[nH]1. The summed E-state index contributed by atoms with van der Waals surface area (Å²) in [5, 5.41) is 1.19. The topological polar surface area (TPSA) is 36.1 Å². The Hall–Kier alpha value is -2.55. The molecule has 4 rings (SSSR count). The minimum Gasteiger partial charge on any atom is -0.357 e. The molecule has 1 amide bonds. The van der Waals surface area contributed by atoms with Gasteiger partial charge in [-0.1, -0.05) is 36.4 Å². The van der Waals surface area contributed by atoms with E-state index in [1.807, 2.05) is 35.2 Å². The second-order valence-corrected chi connectivity index (χ2v) is 5.55. The smallest absolute Gasteiger partial charge is 0.224 e. The molecular weight excluding hydrogens is 260 g/mol. The van der Waals surface area contributed by atoms with Crippen molar-refractivity contribution >= 4 is 22.5 Å². The third-order valence-electron chi connectivity index (χ3n) is 4.23. The number of nitrogens with one attached hydrogen (secondary N) is 1. The third kappa shape index (κ3) is 1.85. The van der Waals surface area contributed by atoms with Gasteiger partial charge in [-0.2, -0.15) is 0 Å². The molecule has 3 heteroatoms. The van der Waals surface area contributed by atoms with Gasteiger partial charge in [0.2, 0.25) is 5.91 Å². The van der Waals surface area contributed by atoms with E-state index in [0.717, 1.165) is 23.3 Å². The van der Waals surface area contributed by atoms with Crippen LogP contribution in [-0.4, -0.2) is 10.9 Å². The van der Waals surface area contributed by atoms with Gasteiger partial charge in [0.15, 0.2) is 0 Å². The summed E-state index contributed by atoms with van der Waals surface area (Å²) < 4.78 is 0. The molecule has 3 aromatic rings. The summed E-state index contributed by atoms with van der Waals surface area (Å²) in [6, 6.07) is 18.6. The highest BCUT2D eigenvalue weighted by Crippen LogP contribution is 2.40. The zero-order chi connectivity index (χ0) is 14.4. The van der Waals surface area contributed by atoms with Gasteiger partial charge in [0.25, 0.3) is 0 Å². The molecule has 1 atom stereocenters. The van der Waals surface area contributed by atoms with Gasteiger partial charge in [-0.25, -0.2) is 0 Å². The van der Waals surface area contributed by atoms with Gasteiger partial charge in [0.1, 0.15) is 0 Å². The fraction of sp³-hybridized carbons (Fsp3) is 0.167. The van der Waals surface area contributed by atoms with E-state index in [4.69, 9.17) is 0 Å². The molecule has 1 aliphatic heterocycles. The van der Waals surface area contributed by atoms with Gasteiger partial charge in [-0.05, 0) is 29.1 Å². The van der Waals surface area contributed by atoms with Crippen molar-refractivity contribution in [3.8, 4) is 0 Å². The van der Waals surface area contributed by atoms with Crippen LogP contribution in [0.25, 0.3) is 10.9 Å². The maximum Gasteiger partial charge on any atom is 0.224 e. The minimum absolute atomic E-state index is 0.0623. The zero-order valence-electron chi connectivity index (χ0n) is 11.8.